The molecule has 0 spiro atoms. The molecule has 96 valence electrons. The van der Waals surface area contributed by atoms with Gasteiger partial charge in [-0.2, -0.15) is 0 Å². The average molecular weight is 244 g/mol. The fourth-order valence-electron chi connectivity index (χ4n) is 2.17. The minimum absolute atomic E-state index is 0.0125. The lowest BCUT2D eigenvalue weighted by atomic mass is 10.1. The molecule has 0 aromatic heterocycles. The van der Waals surface area contributed by atoms with Gasteiger partial charge in [-0.1, -0.05) is 36.8 Å². The Kier molecular flexibility index (Phi) is 4.15. The van der Waals surface area contributed by atoms with Crippen LogP contribution < -0.4 is 5.43 Å². The van der Waals surface area contributed by atoms with Crippen LogP contribution in [0.15, 0.2) is 35.9 Å². The molecule has 1 amide bonds. The summed E-state index contributed by atoms with van der Waals surface area (Å²) in [5.41, 5.74) is 6.22. The lowest BCUT2D eigenvalue weighted by Crippen LogP contribution is -2.44. The standard InChI is InChI=1S/C15H20N2O/c1-3-13-8-10-17(11-9-13)16-15(18)14-7-5-4-6-12(14)2/h4-8H,3,9-11H2,1-2H3,(H,16,18). The highest BCUT2D eigenvalue weighted by Gasteiger charge is 2.15. The molecule has 0 saturated carbocycles. The van der Waals surface area contributed by atoms with E-state index in [9.17, 15) is 4.79 Å². The van der Waals surface area contributed by atoms with E-state index in [-0.39, 0.29) is 5.91 Å². The Morgan fingerprint density at radius 1 is 1.39 bits per heavy atom. The zero-order chi connectivity index (χ0) is 13.0. The average Bonchev–Trinajstić information content (AvgIpc) is 2.40. The lowest BCUT2D eigenvalue weighted by molar-refractivity contribution is 0.0801. The van der Waals surface area contributed by atoms with Crippen molar-refractivity contribution in [3.63, 3.8) is 0 Å². The minimum atomic E-state index is -0.0125. The van der Waals surface area contributed by atoms with Crippen LogP contribution in [0.5, 0.6) is 0 Å². The monoisotopic (exact) mass is 244 g/mol. The van der Waals surface area contributed by atoms with Gasteiger partial charge in [-0.05, 0) is 31.4 Å². The molecule has 1 aliphatic rings. The number of hydrazine groups is 1. The van der Waals surface area contributed by atoms with Crippen molar-refractivity contribution in [3.05, 3.63) is 47.0 Å². The quantitative estimate of drug-likeness (QED) is 0.829. The third kappa shape index (κ3) is 2.99. The summed E-state index contributed by atoms with van der Waals surface area (Å²) in [5.74, 6) is -0.0125. The van der Waals surface area contributed by atoms with Crippen molar-refractivity contribution in [2.75, 3.05) is 13.1 Å². The van der Waals surface area contributed by atoms with E-state index in [0.29, 0.717) is 0 Å². The first-order chi connectivity index (χ1) is 8.70. The summed E-state index contributed by atoms with van der Waals surface area (Å²) >= 11 is 0. The zero-order valence-corrected chi connectivity index (χ0v) is 11.1. The van der Waals surface area contributed by atoms with Gasteiger partial charge in [0.15, 0.2) is 0 Å². The van der Waals surface area contributed by atoms with E-state index < -0.39 is 0 Å². The van der Waals surface area contributed by atoms with Gasteiger partial charge in [0.05, 0.1) is 0 Å². The number of carbonyl (C=O) groups is 1. The van der Waals surface area contributed by atoms with Gasteiger partial charge in [0, 0.05) is 18.7 Å². The topological polar surface area (TPSA) is 32.3 Å². The van der Waals surface area contributed by atoms with Crippen LogP contribution in [-0.2, 0) is 0 Å². The Labute approximate surface area is 108 Å². The number of carbonyl (C=O) groups excluding carboxylic acids is 1. The van der Waals surface area contributed by atoms with Crippen molar-refractivity contribution in [3.8, 4) is 0 Å². The van der Waals surface area contributed by atoms with Crippen LogP contribution >= 0.6 is 0 Å². The van der Waals surface area contributed by atoms with Crippen molar-refractivity contribution in [1.82, 2.24) is 10.4 Å². The second-order valence-corrected chi connectivity index (χ2v) is 4.67. The van der Waals surface area contributed by atoms with Gasteiger partial charge in [-0.15, -0.1) is 0 Å². The number of benzene rings is 1. The molecule has 1 aromatic carbocycles. The smallest absolute Gasteiger partial charge is 0.265 e. The molecule has 0 bridgehead atoms. The maximum atomic E-state index is 12.1. The van der Waals surface area contributed by atoms with E-state index >= 15 is 0 Å². The van der Waals surface area contributed by atoms with Gasteiger partial charge in [0.25, 0.3) is 5.91 Å². The molecule has 0 aliphatic carbocycles. The highest BCUT2D eigenvalue weighted by atomic mass is 16.2. The summed E-state index contributed by atoms with van der Waals surface area (Å²) in [6.07, 6.45) is 4.37. The van der Waals surface area contributed by atoms with E-state index in [1.54, 1.807) is 0 Å². The predicted molar refractivity (Wildman–Crippen MR) is 73.2 cm³/mol. The first-order valence-electron chi connectivity index (χ1n) is 6.50. The van der Waals surface area contributed by atoms with Crippen molar-refractivity contribution in [1.29, 1.82) is 0 Å². The van der Waals surface area contributed by atoms with Crippen LogP contribution in [0, 0.1) is 6.92 Å². The molecule has 1 N–H and O–H groups in total. The number of aryl methyl sites for hydroxylation is 1. The van der Waals surface area contributed by atoms with Gasteiger partial charge in [0.2, 0.25) is 0 Å². The summed E-state index contributed by atoms with van der Waals surface area (Å²) in [5, 5.41) is 1.98. The van der Waals surface area contributed by atoms with Crippen LogP contribution in [0.3, 0.4) is 0 Å². The summed E-state index contributed by atoms with van der Waals surface area (Å²) in [6, 6.07) is 7.67. The number of hydrogen-bond acceptors (Lipinski definition) is 2. The summed E-state index contributed by atoms with van der Waals surface area (Å²) in [6.45, 7) is 5.84. The predicted octanol–water partition coefficient (Wildman–Crippen LogP) is 2.68. The van der Waals surface area contributed by atoms with Crippen LogP contribution in [-0.4, -0.2) is 24.0 Å². The minimum Gasteiger partial charge on any atom is -0.284 e. The maximum Gasteiger partial charge on any atom is 0.265 e. The fourth-order valence-corrected chi connectivity index (χ4v) is 2.17. The third-order valence-electron chi connectivity index (χ3n) is 3.41. The second-order valence-electron chi connectivity index (χ2n) is 4.67. The van der Waals surface area contributed by atoms with Gasteiger partial charge < -0.3 is 0 Å². The third-order valence-corrected chi connectivity index (χ3v) is 3.41. The van der Waals surface area contributed by atoms with Crippen LogP contribution in [0.1, 0.15) is 35.7 Å². The van der Waals surface area contributed by atoms with E-state index in [1.807, 2.05) is 36.2 Å². The van der Waals surface area contributed by atoms with Gasteiger partial charge in [-0.25, -0.2) is 5.01 Å². The van der Waals surface area contributed by atoms with E-state index in [2.05, 4.69) is 18.4 Å². The summed E-state index contributed by atoms with van der Waals surface area (Å²) in [7, 11) is 0. The highest BCUT2D eigenvalue weighted by Crippen LogP contribution is 2.13. The molecule has 18 heavy (non-hydrogen) atoms. The summed E-state index contributed by atoms with van der Waals surface area (Å²) in [4.78, 5) is 12.1. The van der Waals surface area contributed by atoms with Crippen LogP contribution in [0.25, 0.3) is 0 Å². The lowest BCUT2D eigenvalue weighted by Gasteiger charge is -2.26. The second kappa shape index (κ2) is 5.83. The van der Waals surface area contributed by atoms with Gasteiger partial charge in [0.1, 0.15) is 0 Å². The molecule has 0 atom stereocenters. The van der Waals surface area contributed by atoms with E-state index in [0.717, 1.165) is 37.1 Å². The molecule has 1 aliphatic heterocycles. The van der Waals surface area contributed by atoms with E-state index in [1.165, 1.54) is 5.57 Å². The molecule has 1 aromatic rings. The molecule has 3 nitrogen and oxygen atoms in total. The fraction of sp³-hybridized carbons (Fsp3) is 0.400. The molecular weight excluding hydrogens is 224 g/mol. The first kappa shape index (κ1) is 12.8. The number of nitrogens with one attached hydrogen (secondary N) is 1. The largest absolute Gasteiger partial charge is 0.284 e. The Hall–Kier alpha value is -1.61. The van der Waals surface area contributed by atoms with E-state index in [4.69, 9.17) is 0 Å². The van der Waals surface area contributed by atoms with Crippen molar-refractivity contribution in [2.24, 2.45) is 0 Å². The first-order valence-corrected chi connectivity index (χ1v) is 6.50. The Morgan fingerprint density at radius 3 is 2.78 bits per heavy atom. The number of amides is 1. The number of hydrogen-bond donors (Lipinski definition) is 1. The maximum absolute atomic E-state index is 12.1. The van der Waals surface area contributed by atoms with Gasteiger partial charge >= 0.3 is 0 Å². The van der Waals surface area contributed by atoms with Crippen molar-refractivity contribution in [2.45, 2.75) is 26.7 Å². The van der Waals surface area contributed by atoms with Gasteiger partial charge in [-0.3, -0.25) is 10.2 Å². The normalized spacial score (nSPS) is 16.2. The van der Waals surface area contributed by atoms with Crippen molar-refractivity contribution >= 4 is 5.91 Å². The molecule has 0 radical (unpaired) electrons. The molecule has 0 unspecified atom stereocenters. The Bertz CT molecular complexity index is 465. The number of nitrogens with zero attached hydrogens (tertiary/aromatic N) is 1. The Balaban J connectivity index is 1.97. The Morgan fingerprint density at radius 2 is 2.17 bits per heavy atom. The summed E-state index contributed by atoms with van der Waals surface area (Å²) < 4.78 is 0. The number of rotatable bonds is 3. The molecule has 2 rings (SSSR count). The highest BCUT2D eigenvalue weighted by molar-refractivity contribution is 5.95. The molecular formula is C15H20N2O. The van der Waals surface area contributed by atoms with Crippen LogP contribution in [0.2, 0.25) is 0 Å². The molecule has 0 fully saturated rings. The van der Waals surface area contributed by atoms with Crippen molar-refractivity contribution < 1.29 is 4.79 Å². The molecule has 0 saturated heterocycles. The van der Waals surface area contributed by atoms with Crippen LogP contribution in [0.4, 0.5) is 0 Å². The SMILES string of the molecule is CCC1=CCN(NC(=O)c2ccccc2C)CC1. The molecule has 3 heteroatoms. The zero-order valence-electron chi connectivity index (χ0n) is 11.1. The molecule has 1 heterocycles.